The Labute approximate surface area is 170 Å². The van der Waals surface area contributed by atoms with E-state index in [0.29, 0.717) is 24.3 Å². The summed E-state index contributed by atoms with van der Waals surface area (Å²) >= 11 is 0. The first-order valence-electron chi connectivity index (χ1n) is 8.97. The van der Waals surface area contributed by atoms with Gasteiger partial charge in [-0.2, -0.15) is 22.5 Å². The van der Waals surface area contributed by atoms with Gasteiger partial charge in [-0.05, 0) is 42.8 Å². The average molecular weight is 439 g/mol. The van der Waals surface area contributed by atoms with Gasteiger partial charge >= 0.3 is 12.1 Å². The Kier molecular flexibility index (Phi) is 5.24. The molecule has 0 radical (unpaired) electrons. The third kappa shape index (κ3) is 4.17. The maximum atomic E-state index is 12.7. The molecule has 1 unspecified atom stereocenters. The van der Waals surface area contributed by atoms with Crippen LogP contribution in [0, 0.1) is 0 Å². The number of ether oxygens (including phenoxy) is 1. The molecule has 1 aliphatic heterocycles. The molecular weight excluding hydrogens is 423 g/mol. The highest BCUT2D eigenvalue weighted by Crippen LogP contribution is 2.30. The SMILES string of the molecule is O=S(=O)(c1ccccc1)N1CCC(Oc2ccc(-c3noc(C(F)(F)F)n3)cc2)C1. The van der Waals surface area contributed by atoms with Crippen molar-refractivity contribution in [3.63, 3.8) is 0 Å². The summed E-state index contributed by atoms with van der Waals surface area (Å²) in [5.74, 6) is -1.14. The molecule has 0 amide bonds. The summed E-state index contributed by atoms with van der Waals surface area (Å²) in [5, 5.41) is 3.33. The maximum Gasteiger partial charge on any atom is 0.471 e. The van der Waals surface area contributed by atoms with E-state index in [2.05, 4.69) is 14.7 Å². The van der Waals surface area contributed by atoms with Crippen LogP contribution in [0.15, 0.2) is 64.0 Å². The van der Waals surface area contributed by atoms with Gasteiger partial charge in [0, 0.05) is 12.1 Å². The molecule has 11 heteroatoms. The van der Waals surface area contributed by atoms with Crippen LogP contribution in [0.2, 0.25) is 0 Å². The molecule has 4 rings (SSSR count). The van der Waals surface area contributed by atoms with Crippen LogP contribution in [-0.2, 0) is 16.2 Å². The number of hydrogen-bond acceptors (Lipinski definition) is 6. The lowest BCUT2D eigenvalue weighted by Crippen LogP contribution is -2.31. The molecule has 3 aromatic rings. The predicted octanol–water partition coefficient (Wildman–Crippen LogP) is 3.60. The van der Waals surface area contributed by atoms with E-state index < -0.39 is 22.1 Å². The van der Waals surface area contributed by atoms with Gasteiger partial charge in [0.1, 0.15) is 11.9 Å². The molecule has 158 valence electrons. The number of alkyl halides is 3. The number of sulfonamides is 1. The summed E-state index contributed by atoms with van der Waals surface area (Å²) in [4.78, 5) is 3.56. The van der Waals surface area contributed by atoms with E-state index in [1.807, 2.05) is 0 Å². The molecule has 0 aliphatic carbocycles. The summed E-state index contributed by atoms with van der Waals surface area (Å²) in [7, 11) is -3.58. The molecule has 0 N–H and O–H groups in total. The molecule has 1 atom stereocenters. The highest BCUT2D eigenvalue weighted by Gasteiger charge is 2.38. The lowest BCUT2D eigenvalue weighted by molar-refractivity contribution is -0.159. The number of nitrogens with zero attached hydrogens (tertiary/aromatic N) is 3. The van der Waals surface area contributed by atoms with Gasteiger partial charge in [0.05, 0.1) is 11.4 Å². The van der Waals surface area contributed by atoms with Crippen molar-refractivity contribution in [3.8, 4) is 17.1 Å². The Bertz CT molecular complexity index is 1120. The van der Waals surface area contributed by atoms with Crippen molar-refractivity contribution < 1.29 is 30.8 Å². The quantitative estimate of drug-likeness (QED) is 0.604. The van der Waals surface area contributed by atoms with Crippen molar-refractivity contribution in [3.05, 3.63) is 60.5 Å². The summed E-state index contributed by atoms with van der Waals surface area (Å²) in [6, 6.07) is 14.3. The van der Waals surface area contributed by atoms with Gasteiger partial charge in [-0.25, -0.2) is 8.42 Å². The highest BCUT2D eigenvalue weighted by atomic mass is 32.2. The van der Waals surface area contributed by atoms with Crippen molar-refractivity contribution in [2.24, 2.45) is 0 Å². The first-order chi connectivity index (χ1) is 14.2. The fourth-order valence-corrected chi connectivity index (χ4v) is 4.59. The van der Waals surface area contributed by atoms with Crippen molar-refractivity contribution in [1.29, 1.82) is 0 Å². The van der Waals surface area contributed by atoms with Gasteiger partial charge in [-0.1, -0.05) is 23.4 Å². The molecule has 1 fully saturated rings. The molecule has 0 saturated carbocycles. The zero-order chi connectivity index (χ0) is 21.4. The lowest BCUT2D eigenvalue weighted by atomic mass is 10.2. The maximum absolute atomic E-state index is 12.7. The van der Waals surface area contributed by atoms with Crippen LogP contribution in [0.5, 0.6) is 5.75 Å². The van der Waals surface area contributed by atoms with Crippen LogP contribution in [-0.4, -0.2) is 42.1 Å². The third-order valence-corrected chi connectivity index (χ3v) is 6.45. The largest absolute Gasteiger partial charge is 0.489 e. The normalized spacial score (nSPS) is 17.9. The smallest absolute Gasteiger partial charge is 0.471 e. The second-order valence-corrected chi connectivity index (χ2v) is 8.59. The minimum Gasteiger partial charge on any atom is -0.489 e. The van der Waals surface area contributed by atoms with Crippen molar-refractivity contribution in [2.75, 3.05) is 13.1 Å². The van der Waals surface area contributed by atoms with Gasteiger partial charge < -0.3 is 9.26 Å². The van der Waals surface area contributed by atoms with E-state index in [1.54, 1.807) is 42.5 Å². The molecule has 1 saturated heterocycles. The number of hydrogen-bond donors (Lipinski definition) is 0. The number of benzene rings is 2. The summed E-state index contributed by atoms with van der Waals surface area (Å²) in [6.07, 6.45) is -4.52. The zero-order valence-corrected chi connectivity index (χ0v) is 16.2. The fourth-order valence-electron chi connectivity index (χ4n) is 3.08. The second-order valence-electron chi connectivity index (χ2n) is 6.65. The first-order valence-corrected chi connectivity index (χ1v) is 10.4. The highest BCUT2D eigenvalue weighted by molar-refractivity contribution is 7.89. The Morgan fingerprint density at radius 1 is 1.07 bits per heavy atom. The van der Waals surface area contributed by atoms with Gasteiger partial charge in [0.15, 0.2) is 0 Å². The van der Waals surface area contributed by atoms with Crippen LogP contribution in [0.3, 0.4) is 0 Å². The van der Waals surface area contributed by atoms with E-state index in [9.17, 15) is 21.6 Å². The van der Waals surface area contributed by atoms with E-state index >= 15 is 0 Å². The van der Waals surface area contributed by atoms with Crippen molar-refractivity contribution >= 4 is 10.0 Å². The molecule has 1 aromatic heterocycles. The molecular formula is C19H16F3N3O4S. The van der Waals surface area contributed by atoms with Gasteiger partial charge in [-0.3, -0.25) is 0 Å². The number of halogens is 3. The number of rotatable bonds is 5. The monoisotopic (exact) mass is 439 g/mol. The van der Waals surface area contributed by atoms with E-state index in [-0.39, 0.29) is 23.4 Å². The molecule has 0 bridgehead atoms. The lowest BCUT2D eigenvalue weighted by Gasteiger charge is -2.17. The van der Waals surface area contributed by atoms with E-state index in [0.717, 1.165) is 0 Å². The Hall–Kier alpha value is -2.92. The molecule has 0 spiro atoms. The summed E-state index contributed by atoms with van der Waals surface area (Å²) in [6.45, 7) is 0.543. The van der Waals surface area contributed by atoms with Crippen LogP contribution in [0.4, 0.5) is 13.2 Å². The van der Waals surface area contributed by atoms with Gasteiger partial charge in [0.2, 0.25) is 15.8 Å². The molecule has 2 heterocycles. The predicted molar refractivity (Wildman–Crippen MR) is 99.0 cm³/mol. The molecule has 2 aromatic carbocycles. The standard InChI is InChI=1S/C19H16F3N3O4S/c20-19(21,22)18-23-17(24-29-18)13-6-8-14(9-7-13)28-15-10-11-25(12-15)30(26,27)16-4-2-1-3-5-16/h1-9,15H,10-12H2. The van der Waals surface area contributed by atoms with Gasteiger partial charge in [0.25, 0.3) is 0 Å². The average Bonchev–Trinajstić information content (AvgIpc) is 3.39. The first kappa shape index (κ1) is 20.4. The van der Waals surface area contributed by atoms with Gasteiger partial charge in [-0.15, -0.1) is 0 Å². The van der Waals surface area contributed by atoms with Crippen molar-refractivity contribution in [2.45, 2.75) is 23.6 Å². The van der Waals surface area contributed by atoms with Crippen molar-refractivity contribution in [1.82, 2.24) is 14.4 Å². The molecule has 1 aliphatic rings. The zero-order valence-electron chi connectivity index (χ0n) is 15.4. The topological polar surface area (TPSA) is 85.5 Å². The minimum atomic E-state index is -4.71. The Morgan fingerprint density at radius 2 is 1.77 bits per heavy atom. The third-order valence-electron chi connectivity index (χ3n) is 4.57. The second kappa shape index (κ2) is 7.73. The van der Waals surface area contributed by atoms with E-state index in [4.69, 9.17) is 4.74 Å². The summed E-state index contributed by atoms with van der Waals surface area (Å²) in [5.41, 5.74) is 0.335. The summed E-state index contributed by atoms with van der Waals surface area (Å²) < 4.78 is 74.5. The fraction of sp³-hybridized carbons (Fsp3) is 0.263. The molecule has 30 heavy (non-hydrogen) atoms. The molecule has 7 nitrogen and oxygen atoms in total. The van der Waals surface area contributed by atoms with Crippen LogP contribution < -0.4 is 4.74 Å². The Morgan fingerprint density at radius 3 is 2.40 bits per heavy atom. The van der Waals surface area contributed by atoms with E-state index in [1.165, 1.54) is 16.4 Å². The minimum absolute atomic E-state index is 0.185. The number of aromatic nitrogens is 2. The van der Waals surface area contributed by atoms with Crippen LogP contribution in [0.25, 0.3) is 11.4 Å². The Balaban J connectivity index is 1.40. The van der Waals surface area contributed by atoms with Crippen LogP contribution in [0.1, 0.15) is 12.3 Å². The van der Waals surface area contributed by atoms with Crippen LogP contribution >= 0.6 is 0 Å².